The number of nitrogens with one attached hydrogen (secondary N) is 1. The molecule has 0 unspecified atom stereocenters. The molecule has 26 heavy (non-hydrogen) atoms. The third-order valence-electron chi connectivity index (χ3n) is 4.61. The highest BCUT2D eigenvalue weighted by molar-refractivity contribution is 6.31. The summed E-state index contributed by atoms with van der Waals surface area (Å²) in [5.74, 6) is -0.223. The van der Waals surface area contributed by atoms with Gasteiger partial charge in [-0.05, 0) is 55.9 Å². The smallest absolute Gasteiger partial charge is 0.255 e. The van der Waals surface area contributed by atoms with Crippen molar-refractivity contribution in [1.82, 2.24) is 9.80 Å². The number of nitrogens with zero attached hydrogens (tertiary/aromatic N) is 2. The quantitative estimate of drug-likeness (QED) is 0.900. The molecule has 5 nitrogen and oxygen atoms in total. The number of aryl methyl sites for hydroxylation is 1. The molecule has 1 heterocycles. The van der Waals surface area contributed by atoms with Gasteiger partial charge in [-0.25, -0.2) is 0 Å². The van der Waals surface area contributed by atoms with Crippen LogP contribution in [0.1, 0.15) is 26.3 Å². The number of carbonyl (C=O) groups is 2. The lowest BCUT2D eigenvalue weighted by atomic mass is 10.1. The SMILES string of the molecule is Cc1ccc(NC(=O)c2ccc(C(=O)N3CCN(C)CC3)cc2)cc1Cl. The van der Waals surface area contributed by atoms with E-state index < -0.39 is 0 Å². The molecule has 0 spiro atoms. The highest BCUT2D eigenvalue weighted by Gasteiger charge is 2.20. The minimum Gasteiger partial charge on any atom is -0.336 e. The maximum Gasteiger partial charge on any atom is 0.255 e. The van der Waals surface area contributed by atoms with Gasteiger partial charge in [-0.1, -0.05) is 17.7 Å². The predicted octanol–water partition coefficient (Wildman–Crippen LogP) is 3.29. The van der Waals surface area contributed by atoms with Gasteiger partial charge < -0.3 is 15.1 Å². The molecular formula is C20H22ClN3O2. The number of halogens is 1. The Morgan fingerprint density at radius 2 is 1.58 bits per heavy atom. The fourth-order valence-electron chi connectivity index (χ4n) is 2.83. The lowest BCUT2D eigenvalue weighted by Crippen LogP contribution is -2.47. The minimum atomic E-state index is -0.233. The molecule has 1 aliphatic heterocycles. The fourth-order valence-corrected chi connectivity index (χ4v) is 3.01. The van der Waals surface area contributed by atoms with Crippen LogP contribution in [0, 0.1) is 6.92 Å². The zero-order chi connectivity index (χ0) is 18.7. The van der Waals surface area contributed by atoms with Crippen LogP contribution in [0.5, 0.6) is 0 Å². The van der Waals surface area contributed by atoms with Gasteiger partial charge in [0.2, 0.25) is 0 Å². The first kappa shape index (κ1) is 18.4. The molecule has 1 N–H and O–H groups in total. The molecule has 2 aromatic carbocycles. The van der Waals surface area contributed by atoms with Crippen LogP contribution < -0.4 is 5.32 Å². The monoisotopic (exact) mass is 371 g/mol. The third-order valence-corrected chi connectivity index (χ3v) is 5.02. The van der Waals surface area contributed by atoms with E-state index in [2.05, 4.69) is 17.3 Å². The molecule has 0 aliphatic carbocycles. The second kappa shape index (κ2) is 7.89. The van der Waals surface area contributed by atoms with Crippen molar-refractivity contribution >= 4 is 29.1 Å². The summed E-state index contributed by atoms with van der Waals surface area (Å²) in [6.45, 7) is 5.12. The van der Waals surface area contributed by atoms with Crippen LogP contribution in [-0.4, -0.2) is 54.8 Å². The highest BCUT2D eigenvalue weighted by Crippen LogP contribution is 2.20. The molecule has 0 aromatic heterocycles. The van der Waals surface area contributed by atoms with Gasteiger partial charge in [0.25, 0.3) is 11.8 Å². The number of piperazine rings is 1. The number of hydrogen-bond donors (Lipinski definition) is 1. The standard InChI is InChI=1S/C20H22ClN3O2/c1-14-3-8-17(13-18(14)21)22-19(25)15-4-6-16(7-5-15)20(26)24-11-9-23(2)10-12-24/h3-8,13H,9-12H2,1-2H3,(H,22,25). The van der Waals surface area contributed by atoms with Gasteiger partial charge in [0.15, 0.2) is 0 Å². The lowest BCUT2D eigenvalue weighted by molar-refractivity contribution is 0.0664. The van der Waals surface area contributed by atoms with E-state index in [4.69, 9.17) is 11.6 Å². The molecule has 6 heteroatoms. The summed E-state index contributed by atoms with van der Waals surface area (Å²) >= 11 is 6.09. The van der Waals surface area contributed by atoms with E-state index in [1.807, 2.05) is 24.0 Å². The summed E-state index contributed by atoms with van der Waals surface area (Å²) in [7, 11) is 2.05. The number of benzene rings is 2. The molecule has 136 valence electrons. The summed E-state index contributed by atoms with van der Waals surface area (Å²) in [6.07, 6.45) is 0. The Labute approximate surface area is 158 Å². The molecule has 0 bridgehead atoms. The van der Waals surface area contributed by atoms with Gasteiger partial charge in [0.1, 0.15) is 0 Å². The van der Waals surface area contributed by atoms with E-state index in [1.54, 1.807) is 30.3 Å². The van der Waals surface area contributed by atoms with Gasteiger partial charge in [-0.2, -0.15) is 0 Å². The van der Waals surface area contributed by atoms with Gasteiger partial charge >= 0.3 is 0 Å². The summed E-state index contributed by atoms with van der Waals surface area (Å²) in [4.78, 5) is 29.0. The number of rotatable bonds is 3. The maximum absolute atomic E-state index is 12.5. The van der Waals surface area contributed by atoms with Crippen molar-refractivity contribution in [3.8, 4) is 0 Å². The van der Waals surface area contributed by atoms with E-state index in [0.717, 1.165) is 31.7 Å². The number of anilines is 1. The molecule has 0 saturated carbocycles. The zero-order valence-electron chi connectivity index (χ0n) is 15.0. The van der Waals surface area contributed by atoms with Crippen molar-refractivity contribution in [2.45, 2.75) is 6.92 Å². The first-order chi connectivity index (χ1) is 12.4. The Morgan fingerprint density at radius 1 is 0.962 bits per heavy atom. The minimum absolute atomic E-state index is 0.00961. The number of hydrogen-bond acceptors (Lipinski definition) is 3. The van der Waals surface area contributed by atoms with Crippen LogP contribution in [0.3, 0.4) is 0 Å². The molecule has 1 saturated heterocycles. The predicted molar refractivity (Wildman–Crippen MR) is 104 cm³/mol. The van der Waals surface area contributed by atoms with E-state index in [-0.39, 0.29) is 11.8 Å². The van der Waals surface area contributed by atoms with Crippen molar-refractivity contribution in [3.05, 3.63) is 64.2 Å². The largest absolute Gasteiger partial charge is 0.336 e. The Morgan fingerprint density at radius 3 is 2.19 bits per heavy atom. The van der Waals surface area contributed by atoms with Gasteiger partial charge in [0, 0.05) is 48.0 Å². The van der Waals surface area contributed by atoms with Crippen LogP contribution in [0.4, 0.5) is 5.69 Å². The average molecular weight is 372 g/mol. The number of likely N-dealkylation sites (N-methyl/N-ethyl adjacent to an activating group) is 1. The van der Waals surface area contributed by atoms with E-state index in [9.17, 15) is 9.59 Å². The van der Waals surface area contributed by atoms with Gasteiger partial charge in [-0.3, -0.25) is 9.59 Å². The average Bonchev–Trinajstić information content (AvgIpc) is 2.65. The van der Waals surface area contributed by atoms with Crippen LogP contribution in [-0.2, 0) is 0 Å². The summed E-state index contributed by atoms with van der Waals surface area (Å²) < 4.78 is 0. The van der Waals surface area contributed by atoms with E-state index in [0.29, 0.717) is 21.8 Å². The highest BCUT2D eigenvalue weighted by atomic mass is 35.5. The van der Waals surface area contributed by atoms with Crippen molar-refractivity contribution in [2.24, 2.45) is 0 Å². The molecule has 2 amide bonds. The Balaban J connectivity index is 1.65. The topological polar surface area (TPSA) is 52.7 Å². The Bertz CT molecular complexity index is 812. The van der Waals surface area contributed by atoms with Crippen LogP contribution in [0.15, 0.2) is 42.5 Å². The summed E-state index contributed by atoms with van der Waals surface area (Å²) in [6, 6.07) is 12.2. The second-order valence-electron chi connectivity index (χ2n) is 6.59. The van der Waals surface area contributed by atoms with Crippen molar-refractivity contribution < 1.29 is 9.59 Å². The molecule has 0 atom stereocenters. The third kappa shape index (κ3) is 4.23. The first-order valence-electron chi connectivity index (χ1n) is 8.59. The molecule has 1 aliphatic rings. The Kier molecular flexibility index (Phi) is 5.59. The van der Waals surface area contributed by atoms with E-state index >= 15 is 0 Å². The van der Waals surface area contributed by atoms with E-state index in [1.165, 1.54) is 0 Å². The van der Waals surface area contributed by atoms with Gasteiger partial charge in [-0.15, -0.1) is 0 Å². The fraction of sp³-hybridized carbons (Fsp3) is 0.300. The summed E-state index contributed by atoms with van der Waals surface area (Å²) in [5.41, 5.74) is 2.70. The van der Waals surface area contributed by atoms with Crippen molar-refractivity contribution in [1.29, 1.82) is 0 Å². The molecule has 1 fully saturated rings. The first-order valence-corrected chi connectivity index (χ1v) is 8.97. The van der Waals surface area contributed by atoms with Crippen LogP contribution >= 0.6 is 11.6 Å². The zero-order valence-corrected chi connectivity index (χ0v) is 15.7. The summed E-state index contributed by atoms with van der Waals surface area (Å²) in [5, 5.41) is 3.43. The van der Waals surface area contributed by atoms with Crippen molar-refractivity contribution in [3.63, 3.8) is 0 Å². The van der Waals surface area contributed by atoms with Crippen molar-refractivity contribution in [2.75, 3.05) is 38.5 Å². The molecule has 0 radical (unpaired) electrons. The normalized spacial score (nSPS) is 15.0. The second-order valence-corrected chi connectivity index (χ2v) is 7.00. The Hall–Kier alpha value is -2.37. The molecule has 2 aromatic rings. The lowest BCUT2D eigenvalue weighted by Gasteiger charge is -2.32. The molecular weight excluding hydrogens is 350 g/mol. The maximum atomic E-state index is 12.5. The van der Waals surface area contributed by atoms with Crippen LogP contribution in [0.25, 0.3) is 0 Å². The van der Waals surface area contributed by atoms with Gasteiger partial charge in [0.05, 0.1) is 0 Å². The molecule has 3 rings (SSSR count). The number of amides is 2. The van der Waals surface area contributed by atoms with Crippen LogP contribution in [0.2, 0.25) is 5.02 Å². The number of carbonyl (C=O) groups excluding carboxylic acids is 2.